The van der Waals surface area contributed by atoms with Gasteiger partial charge in [0, 0.05) is 6.61 Å². The molecule has 8 N–H and O–H groups in total. The Kier molecular flexibility index (Phi) is 3.03. The van der Waals surface area contributed by atoms with E-state index in [1.54, 1.807) is 6.92 Å². The van der Waals surface area contributed by atoms with Crippen molar-refractivity contribution in [2.24, 2.45) is 21.5 Å². The van der Waals surface area contributed by atoms with Crippen LogP contribution >= 0.6 is 0 Å². The largest absolute Gasteiger partial charge is 0.394 e. The van der Waals surface area contributed by atoms with Gasteiger partial charge >= 0.3 is 0 Å². The van der Waals surface area contributed by atoms with Crippen LogP contribution in [-0.4, -0.2) is 81.5 Å². The average molecular weight is 300 g/mol. The second kappa shape index (κ2) is 4.44. The number of aliphatic imine (C=N–C) groups is 2. The number of rotatable bonds is 3. The van der Waals surface area contributed by atoms with E-state index in [1.165, 1.54) is 4.90 Å². The molecule has 0 saturated carbocycles. The number of ether oxygens (including phenoxy) is 1. The van der Waals surface area contributed by atoms with Gasteiger partial charge in [0.1, 0.15) is 18.2 Å². The van der Waals surface area contributed by atoms with Gasteiger partial charge in [-0.2, -0.15) is 0 Å². The number of aliphatic hydroxyl groups excluding tert-OH is 1. The summed E-state index contributed by atoms with van der Waals surface area (Å²) in [6, 6.07) is -1.50. The molecule has 118 valence electrons. The molecule has 1 fully saturated rings. The van der Waals surface area contributed by atoms with Gasteiger partial charge < -0.3 is 41.7 Å². The molecule has 0 aromatic rings. The van der Waals surface area contributed by atoms with E-state index in [4.69, 9.17) is 16.2 Å². The van der Waals surface area contributed by atoms with Crippen LogP contribution in [0, 0.1) is 0 Å². The number of hydrogen-bond acceptors (Lipinski definition) is 10. The van der Waals surface area contributed by atoms with E-state index in [-0.39, 0.29) is 25.1 Å². The molecule has 0 aliphatic carbocycles. The highest BCUT2D eigenvalue weighted by Gasteiger charge is 2.73. The number of nitrogens with two attached hydrogens (primary N) is 2. The first-order valence-electron chi connectivity index (χ1n) is 6.78. The lowest BCUT2D eigenvalue weighted by atomic mass is 9.86. The molecule has 0 bridgehead atoms. The molecule has 10 heteroatoms. The second-order valence-electron chi connectivity index (χ2n) is 5.37. The summed E-state index contributed by atoms with van der Waals surface area (Å²) in [5.41, 5.74) is 10.2. The van der Waals surface area contributed by atoms with Crippen molar-refractivity contribution in [1.29, 1.82) is 0 Å². The second-order valence-corrected chi connectivity index (χ2v) is 5.37. The highest BCUT2D eigenvalue weighted by atomic mass is 16.6. The molecule has 3 aliphatic heterocycles. The molecule has 3 aliphatic rings. The fourth-order valence-electron chi connectivity index (χ4n) is 3.42. The summed E-state index contributed by atoms with van der Waals surface area (Å²) >= 11 is 0. The Morgan fingerprint density at radius 3 is 2.76 bits per heavy atom. The Balaban J connectivity index is 2.11. The molecule has 0 radical (unpaired) electrons. The number of nitrogens with one attached hydrogen (secondary N) is 1. The maximum Gasteiger partial charge on any atom is 0.237 e. The molecule has 1 spiro atoms. The summed E-state index contributed by atoms with van der Waals surface area (Å²) < 4.78 is 5.42. The Bertz CT molecular complexity index is 509. The van der Waals surface area contributed by atoms with Crippen molar-refractivity contribution >= 4 is 11.9 Å². The lowest BCUT2D eigenvalue weighted by molar-refractivity contribution is -0.265. The van der Waals surface area contributed by atoms with Crippen LogP contribution in [0.25, 0.3) is 0 Å². The SMILES string of the molecule is CCO[C@H]1CN2C(N)=NC(CO)C3N=C(N)NC32C1(O)O. The van der Waals surface area contributed by atoms with Crippen molar-refractivity contribution in [3.05, 3.63) is 0 Å². The summed E-state index contributed by atoms with van der Waals surface area (Å²) in [6.45, 7) is 1.85. The van der Waals surface area contributed by atoms with E-state index in [1.807, 2.05) is 0 Å². The van der Waals surface area contributed by atoms with Gasteiger partial charge in [-0.05, 0) is 6.92 Å². The first-order chi connectivity index (χ1) is 9.88. The van der Waals surface area contributed by atoms with Crippen LogP contribution in [0.5, 0.6) is 0 Å². The highest BCUT2D eigenvalue weighted by molar-refractivity contribution is 5.87. The van der Waals surface area contributed by atoms with Gasteiger partial charge in [0.2, 0.25) is 5.79 Å². The molecule has 0 aromatic carbocycles. The summed E-state index contributed by atoms with van der Waals surface area (Å²) in [7, 11) is 0. The normalized spacial score (nSPS) is 40.2. The Hall–Kier alpha value is -1.62. The minimum Gasteiger partial charge on any atom is -0.394 e. The van der Waals surface area contributed by atoms with E-state index < -0.39 is 29.6 Å². The van der Waals surface area contributed by atoms with E-state index >= 15 is 0 Å². The zero-order valence-electron chi connectivity index (χ0n) is 11.6. The Morgan fingerprint density at radius 1 is 1.43 bits per heavy atom. The van der Waals surface area contributed by atoms with E-state index in [2.05, 4.69) is 15.3 Å². The van der Waals surface area contributed by atoms with Crippen molar-refractivity contribution in [2.75, 3.05) is 19.8 Å². The maximum atomic E-state index is 10.7. The molecule has 21 heavy (non-hydrogen) atoms. The van der Waals surface area contributed by atoms with E-state index in [0.29, 0.717) is 6.61 Å². The molecule has 4 atom stereocenters. The molecule has 0 aromatic heterocycles. The average Bonchev–Trinajstić information content (AvgIpc) is 2.88. The molecule has 3 unspecified atom stereocenters. The smallest absolute Gasteiger partial charge is 0.237 e. The topological polar surface area (TPSA) is 162 Å². The third kappa shape index (κ3) is 1.61. The van der Waals surface area contributed by atoms with Gasteiger partial charge in [-0.25, -0.2) is 9.98 Å². The molecular formula is C11H20N6O4. The van der Waals surface area contributed by atoms with Gasteiger partial charge in [0.15, 0.2) is 17.6 Å². The minimum atomic E-state index is -2.30. The van der Waals surface area contributed by atoms with Crippen molar-refractivity contribution < 1.29 is 20.1 Å². The lowest BCUT2D eigenvalue weighted by Crippen LogP contribution is -2.77. The third-order valence-corrected chi connectivity index (χ3v) is 4.30. The molecular weight excluding hydrogens is 280 g/mol. The molecule has 0 amide bonds. The van der Waals surface area contributed by atoms with Crippen molar-refractivity contribution in [3.8, 4) is 0 Å². The highest BCUT2D eigenvalue weighted by Crippen LogP contribution is 2.45. The fraction of sp³-hybridized carbons (Fsp3) is 0.818. The van der Waals surface area contributed by atoms with Gasteiger partial charge in [0.05, 0.1) is 13.2 Å². The Labute approximate surface area is 121 Å². The minimum absolute atomic E-state index is 0.0398. The van der Waals surface area contributed by atoms with Crippen LogP contribution in [0.3, 0.4) is 0 Å². The molecule has 10 nitrogen and oxygen atoms in total. The monoisotopic (exact) mass is 300 g/mol. The van der Waals surface area contributed by atoms with E-state index in [0.717, 1.165) is 0 Å². The first-order valence-corrected chi connectivity index (χ1v) is 6.78. The predicted molar refractivity (Wildman–Crippen MR) is 73.1 cm³/mol. The molecule has 3 rings (SSSR count). The predicted octanol–water partition coefficient (Wildman–Crippen LogP) is -3.94. The van der Waals surface area contributed by atoms with Crippen LogP contribution in [0.1, 0.15) is 6.92 Å². The number of aliphatic hydroxyl groups is 3. The van der Waals surface area contributed by atoms with Crippen LogP contribution < -0.4 is 16.8 Å². The summed E-state index contributed by atoms with van der Waals surface area (Å²) in [5, 5.41) is 33.7. The zero-order chi connectivity index (χ0) is 15.4. The summed E-state index contributed by atoms with van der Waals surface area (Å²) in [4.78, 5) is 9.82. The van der Waals surface area contributed by atoms with Gasteiger partial charge in [0.25, 0.3) is 0 Å². The quantitative estimate of drug-likeness (QED) is 0.288. The third-order valence-electron chi connectivity index (χ3n) is 4.30. The summed E-state index contributed by atoms with van der Waals surface area (Å²) in [6.07, 6.45) is -0.912. The number of hydrogen-bond donors (Lipinski definition) is 6. The number of nitrogens with zero attached hydrogens (tertiary/aromatic N) is 3. The number of guanidine groups is 2. The van der Waals surface area contributed by atoms with Crippen LogP contribution in [-0.2, 0) is 4.74 Å². The summed E-state index contributed by atoms with van der Waals surface area (Å²) in [5.74, 6) is -2.18. The first kappa shape index (κ1) is 14.3. The molecule has 1 saturated heterocycles. The standard InChI is InChI=1S/C11H20N6O4/c1-2-21-6-3-17-9(13)14-5(4-18)7-10(17,11(6,19)20)16-8(12)15-7/h5-7,18-20H,2-4H2,1H3,(H2,13,14)(H3,12,15,16)/t5?,6-,7?,10?/m0/s1. The van der Waals surface area contributed by atoms with Gasteiger partial charge in [-0.15, -0.1) is 0 Å². The van der Waals surface area contributed by atoms with Crippen molar-refractivity contribution in [2.45, 2.75) is 36.6 Å². The van der Waals surface area contributed by atoms with Crippen LogP contribution in [0.2, 0.25) is 0 Å². The maximum absolute atomic E-state index is 10.7. The van der Waals surface area contributed by atoms with Crippen LogP contribution in [0.15, 0.2) is 9.98 Å². The van der Waals surface area contributed by atoms with Gasteiger partial charge in [-0.3, -0.25) is 0 Å². The lowest BCUT2D eigenvalue weighted by Gasteiger charge is -2.48. The van der Waals surface area contributed by atoms with E-state index in [9.17, 15) is 15.3 Å². The van der Waals surface area contributed by atoms with Crippen molar-refractivity contribution in [3.63, 3.8) is 0 Å². The Morgan fingerprint density at radius 2 is 2.14 bits per heavy atom. The van der Waals surface area contributed by atoms with Crippen molar-refractivity contribution in [1.82, 2.24) is 10.2 Å². The van der Waals surface area contributed by atoms with Crippen LogP contribution in [0.4, 0.5) is 0 Å². The zero-order valence-corrected chi connectivity index (χ0v) is 11.6. The van der Waals surface area contributed by atoms with Gasteiger partial charge in [-0.1, -0.05) is 0 Å². The molecule has 3 heterocycles. The fourth-order valence-corrected chi connectivity index (χ4v) is 3.42.